The molecule has 2 aromatic rings. The zero-order valence-electron chi connectivity index (χ0n) is 14.2. The van der Waals surface area contributed by atoms with Crippen LogP contribution in [0, 0.1) is 11.8 Å². The number of rotatable bonds is 5. The van der Waals surface area contributed by atoms with E-state index in [-0.39, 0.29) is 28.7 Å². The molecular formula is C19H21ClN4O2. The molecule has 1 aliphatic carbocycles. The summed E-state index contributed by atoms with van der Waals surface area (Å²) in [6.45, 7) is 0.520. The van der Waals surface area contributed by atoms with Crippen molar-refractivity contribution in [1.29, 1.82) is 0 Å². The van der Waals surface area contributed by atoms with Gasteiger partial charge in [-0.05, 0) is 55.6 Å². The lowest BCUT2D eigenvalue weighted by atomic mass is 9.95. The first-order valence-electron chi connectivity index (χ1n) is 8.60. The van der Waals surface area contributed by atoms with Crippen LogP contribution in [0.25, 0.3) is 0 Å². The Kier molecular flexibility index (Phi) is 5.85. The third-order valence-corrected chi connectivity index (χ3v) is 5.01. The number of amides is 2. The van der Waals surface area contributed by atoms with E-state index in [0.717, 1.165) is 19.3 Å². The fourth-order valence-corrected chi connectivity index (χ4v) is 3.58. The average Bonchev–Trinajstić information content (AvgIpc) is 3.11. The van der Waals surface area contributed by atoms with Gasteiger partial charge in [0.15, 0.2) is 0 Å². The second kappa shape index (κ2) is 8.29. The van der Waals surface area contributed by atoms with E-state index in [1.807, 2.05) is 0 Å². The summed E-state index contributed by atoms with van der Waals surface area (Å²) in [6.07, 6.45) is 6.04. The number of carbonyl (C=O) groups is 2. The van der Waals surface area contributed by atoms with E-state index in [9.17, 15) is 9.59 Å². The van der Waals surface area contributed by atoms with Gasteiger partial charge in [-0.2, -0.15) is 0 Å². The van der Waals surface area contributed by atoms with E-state index < -0.39 is 0 Å². The van der Waals surface area contributed by atoms with Gasteiger partial charge in [-0.3, -0.25) is 14.6 Å². The van der Waals surface area contributed by atoms with Gasteiger partial charge in [-0.25, -0.2) is 0 Å². The number of nitrogens with zero attached hydrogens (tertiary/aromatic N) is 1. The van der Waals surface area contributed by atoms with Crippen LogP contribution < -0.4 is 16.4 Å². The Balaban J connectivity index is 1.67. The van der Waals surface area contributed by atoms with Crippen LogP contribution in [0.15, 0.2) is 42.7 Å². The molecule has 0 saturated heterocycles. The largest absolute Gasteiger partial charge is 0.330 e. The maximum Gasteiger partial charge on any atom is 0.257 e. The SMILES string of the molecule is NC[C@H]1CCC[C@H]1C(=O)Nc1ccc(C(=O)Nc2cccnc2)c(Cl)c1. The van der Waals surface area contributed by atoms with Crippen molar-refractivity contribution < 1.29 is 9.59 Å². The van der Waals surface area contributed by atoms with Crippen molar-refractivity contribution in [3.8, 4) is 0 Å². The molecule has 1 fully saturated rings. The summed E-state index contributed by atoms with van der Waals surface area (Å²) < 4.78 is 0. The van der Waals surface area contributed by atoms with Gasteiger partial charge in [-0.1, -0.05) is 18.0 Å². The summed E-state index contributed by atoms with van der Waals surface area (Å²) in [4.78, 5) is 28.7. The number of carbonyl (C=O) groups excluding carboxylic acids is 2. The van der Waals surface area contributed by atoms with Crippen LogP contribution in [0.1, 0.15) is 29.6 Å². The van der Waals surface area contributed by atoms with Crippen LogP contribution >= 0.6 is 11.6 Å². The van der Waals surface area contributed by atoms with E-state index >= 15 is 0 Å². The zero-order chi connectivity index (χ0) is 18.5. The summed E-state index contributed by atoms with van der Waals surface area (Å²) in [5.74, 6) is -0.205. The van der Waals surface area contributed by atoms with Crippen molar-refractivity contribution in [3.63, 3.8) is 0 Å². The molecule has 0 aliphatic heterocycles. The first-order valence-corrected chi connectivity index (χ1v) is 8.98. The highest BCUT2D eigenvalue weighted by atomic mass is 35.5. The van der Waals surface area contributed by atoms with E-state index in [1.54, 1.807) is 42.7 Å². The molecule has 0 bridgehead atoms. The molecule has 0 unspecified atom stereocenters. The Labute approximate surface area is 157 Å². The zero-order valence-corrected chi connectivity index (χ0v) is 15.0. The van der Waals surface area contributed by atoms with Gasteiger partial charge in [-0.15, -0.1) is 0 Å². The normalized spacial score (nSPS) is 19.2. The Morgan fingerprint density at radius 3 is 2.73 bits per heavy atom. The smallest absolute Gasteiger partial charge is 0.257 e. The minimum atomic E-state index is -0.333. The van der Waals surface area contributed by atoms with Crippen LogP contribution in [0.3, 0.4) is 0 Å². The molecular weight excluding hydrogens is 352 g/mol. The third kappa shape index (κ3) is 4.20. The van der Waals surface area contributed by atoms with E-state index in [4.69, 9.17) is 17.3 Å². The molecule has 4 N–H and O–H groups in total. The molecule has 2 amide bonds. The van der Waals surface area contributed by atoms with Crippen molar-refractivity contribution in [3.05, 3.63) is 53.3 Å². The lowest BCUT2D eigenvalue weighted by Crippen LogP contribution is -2.29. The van der Waals surface area contributed by atoms with Crippen molar-refractivity contribution in [2.45, 2.75) is 19.3 Å². The molecule has 1 aliphatic rings. The number of aromatic nitrogens is 1. The Bertz CT molecular complexity index is 797. The Hall–Kier alpha value is -2.44. The number of pyridine rings is 1. The molecule has 0 radical (unpaired) electrons. The first kappa shape index (κ1) is 18.4. The molecule has 7 heteroatoms. The average molecular weight is 373 g/mol. The van der Waals surface area contributed by atoms with E-state index in [2.05, 4.69) is 15.6 Å². The third-order valence-electron chi connectivity index (χ3n) is 4.70. The molecule has 2 atom stereocenters. The lowest BCUT2D eigenvalue weighted by molar-refractivity contribution is -0.120. The maximum atomic E-state index is 12.5. The quantitative estimate of drug-likeness (QED) is 0.750. The van der Waals surface area contributed by atoms with Crippen molar-refractivity contribution in [1.82, 2.24) is 4.98 Å². The Morgan fingerprint density at radius 2 is 2.04 bits per heavy atom. The van der Waals surface area contributed by atoms with Crippen LogP contribution in [0.4, 0.5) is 11.4 Å². The molecule has 1 aromatic carbocycles. The fraction of sp³-hybridized carbons (Fsp3) is 0.316. The number of benzene rings is 1. The van der Waals surface area contributed by atoms with Gasteiger partial charge < -0.3 is 16.4 Å². The van der Waals surface area contributed by atoms with Crippen molar-refractivity contribution in [2.75, 3.05) is 17.2 Å². The van der Waals surface area contributed by atoms with E-state index in [1.165, 1.54) is 0 Å². The van der Waals surface area contributed by atoms with Gasteiger partial charge in [0, 0.05) is 17.8 Å². The van der Waals surface area contributed by atoms with Gasteiger partial charge in [0.2, 0.25) is 5.91 Å². The predicted octanol–water partition coefficient (Wildman–Crippen LogP) is 3.30. The van der Waals surface area contributed by atoms with Crippen LogP contribution in [-0.4, -0.2) is 23.3 Å². The summed E-state index contributed by atoms with van der Waals surface area (Å²) in [5.41, 5.74) is 7.23. The van der Waals surface area contributed by atoms with Crippen LogP contribution in [0.2, 0.25) is 5.02 Å². The fourth-order valence-electron chi connectivity index (χ4n) is 3.31. The highest BCUT2D eigenvalue weighted by Crippen LogP contribution is 2.32. The molecule has 136 valence electrons. The number of hydrogen-bond acceptors (Lipinski definition) is 4. The summed E-state index contributed by atoms with van der Waals surface area (Å²) >= 11 is 6.24. The molecule has 26 heavy (non-hydrogen) atoms. The van der Waals surface area contributed by atoms with Crippen molar-refractivity contribution in [2.24, 2.45) is 17.6 Å². The molecule has 0 spiro atoms. The van der Waals surface area contributed by atoms with E-state index in [0.29, 0.717) is 23.5 Å². The molecule has 3 rings (SSSR count). The highest BCUT2D eigenvalue weighted by Gasteiger charge is 2.31. The van der Waals surface area contributed by atoms with Crippen LogP contribution in [0.5, 0.6) is 0 Å². The van der Waals surface area contributed by atoms with Gasteiger partial charge in [0.1, 0.15) is 0 Å². The lowest BCUT2D eigenvalue weighted by Gasteiger charge is -2.17. The molecule has 1 aromatic heterocycles. The summed E-state index contributed by atoms with van der Waals surface area (Å²) in [6, 6.07) is 8.33. The predicted molar refractivity (Wildman–Crippen MR) is 102 cm³/mol. The second-order valence-corrected chi connectivity index (χ2v) is 6.82. The van der Waals surface area contributed by atoms with Gasteiger partial charge in [0.05, 0.1) is 22.5 Å². The molecule has 1 heterocycles. The monoisotopic (exact) mass is 372 g/mol. The van der Waals surface area contributed by atoms with Crippen molar-refractivity contribution >= 4 is 34.8 Å². The highest BCUT2D eigenvalue weighted by molar-refractivity contribution is 6.34. The van der Waals surface area contributed by atoms with Gasteiger partial charge in [0.25, 0.3) is 5.91 Å². The second-order valence-electron chi connectivity index (χ2n) is 6.41. The first-order chi connectivity index (χ1) is 12.6. The number of nitrogens with two attached hydrogens (primary N) is 1. The molecule has 6 nitrogen and oxygen atoms in total. The van der Waals surface area contributed by atoms with Gasteiger partial charge >= 0.3 is 0 Å². The maximum absolute atomic E-state index is 12.5. The molecule has 1 saturated carbocycles. The standard InChI is InChI=1S/C19H21ClN4O2/c20-17-9-13(23-18(25)15-5-1-3-12(15)10-21)6-7-16(17)19(26)24-14-4-2-8-22-11-14/h2,4,6-9,11-12,15H,1,3,5,10,21H2,(H,23,25)(H,24,26)/t12-,15-/m1/s1. The number of anilines is 2. The minimum absolute atomic E-state index is 0.0402. The number of nitrogens with one attached hydrogen (secondary N) is 2. The minimum Gasteiger partial charge on any atom is -0.330 e. The van der Waals surface area contributed by atoms with Crippen LogP contribution in [-0.2, 0) is 4.79 Å². The number of hydrogen-bond donors (Lipinski definition) is 3. The number of halogens is 1. The summed E-state index contributed by atoms with van der Waals surface area (Å²) in [7, 11) is 0. The topological polar surface area (TPSA) is 97.1 Å². The Morgan fingerprint density at radius 1 is 1.19 bits per heavy atom. The summed E-state index contributed by atoms with van der Waals surface area (Å²) in [5, 5.41) is 5.88.